The van der Waals surface area contributed by atoms with Gasteiger partial charge in [0.25, 0.3) is 5.91 Å². The van der Waals surface area contributed by atoms with Crippen LogP contribution >= 0.6 is 22.6 Å². The molecule has 2 aromatic carbocycles. The van der Waals surface area contributed by atoms with Gasteiger partial charge >= 0.3 is 0 Å². The quantitative estimate of drug-likeness (QED) is 0.438. The third-order valence-corrected chi connectivity index (χ3v) is 3.58. The van der Waals surface area contributed by atoms with Crippen molar-refractivity contribution >= 4 is 40.3 Å². The van der Waals surface area contributed by atoms with Crippen LogP contribution in [0.5, 0.6) is 5.75 Å². The molecule has 0 saturated heterocycles. The normalized spacial score (nSPS) is 11.5. The molecular formula is C18H17IN2O2. The van der Waals surface area contributed by atoms with E-state index in [-0.39, 0.29) is 12.5 Å². The van der Waals surface area contributed by atoms with E-state index in [1.165, 1.54) is 0 Å². The summed E-state index contributed by atoms with van der Waals surface area (Å²) in [6, 6.07) is 17.4. The molecule has 0 fully saturated rings. The Balaban J connectivity index is 1.78. The fourth-order valence-electron chi connectivity index (χ4n) is 1.68. The molecule has 0 radical (unpaired) electrons. The standard InChI is InChI=1S/C18H17IN2O2/c1-14(7-8-15-5-3-2-4-6-15)20-21-18(22)13-23-17-11-9-16(19)10-12-17/h2-12H,13H2,1H3,(H,21,22)/b8-7+,20-14?. The van der Waals surface area contributed by atoms with Crippen molar-refractivity contribution < 1.29 is 9.53 Å². The van der Waals surface area contributed by atoms with Crippen molar-refractivity contribution in [3.63, 3.8) is 0 Å². The molecule has 23 heavy (non-hydrogen) atoms. The third-order valence-electron chi connectivity index (χ3n) is 2.86. The first-order valence-corrected chi connectivity index (χ1v) is 8.16. The number of carbonyl (C=O) groups excluding carboxylic acids is 1. The van der Waals surface area contributed by atoms with E-state index >= 15 is 0 Å². The lowest BCUT2D eigenvalue weighted by atomic mass is 10.2. The zero-order valence-corrected chi connectivity index (χ0v) is 14.9. The Morgan fingerprint density at radius 3 is 2.57 bits per heavy atom. The molecule has 4 nitrogen and oxygen atoms in total. The minimum atomic E-state index is -0.295. The maximum absolute atomic E-state index is 11.7. The van der Waals surface area contributed by atoms with Gasteiger partial charge in [0.1, 0.15) is 5.75 Å². The summed E-state index contributed by atoms with van der Waals surface area (Å²) in [4.78, 5) is 11.7. The predicted octanol–water partition coefficient (Wildman–Crippen LogP) is 3.88. The fourth-order valence-corrected chi connectivity index (χ4v) is 2.04. The molecule has 2 rings (SSSR count). The van der Waals surface area contributed by atoms with E-state index < -0.39 is 0 Å². The van der Waals surface area contributed by atoms with Crippen LogP contribution in [0.25, 0.3) is 6.08 Å². The summed E-state index contributed by atoms with van der Waals surface area (Å²) in [5.41, 5.74) is 4.26. The molecule has 0 spiro atoms. The van der Waals surface area contributed by atoms with E-state index in [9.17, 15) is 4.79 Å². The number of rotatable bonds is 6. The lowest BCUT2D eigenvalue weighted by molar-refractivity contribution is -0.123. The highest BCUT2D eigenvalue weighted by Crippen LogP contribution is 2.13. The molecule has 0 aromatic heterocycles. The number of allylic oxidation sites excluding steroid dienone is 1. The third kappa shape index (κ3) is 6.65. The Labute approximate surface area is 149 Å². The molecule has 0 atom stereocenters. The number of hydrazone groups is 1. The van der Waals surface area contributed by atoms with Gasteiger partial charge in [-0.05, 0) is 65.4 Å². The predicted molar refractivity (Wildman–Crippen MR) is 101 cm³/mol. The van der Waals surface area contributed by atoms with Crippen LogP contribution in [-0.2, 0) is 4.79 Å². The lowest BCUT2D eigenvalue weighted by Crippen LogP contribution is -2.25. The average molecular weight is 420 g/mol. The molecule has 5 heteroatoms. The van der Waals surface area contributed by atoms with Gasteiger partial charge in [-0.3, -0.25) is 4.79 Å². The van der Waals surface area contributed by atoms with E-state index in [4.69, 9.17) is 4.74 Å². The topological polar surface area (TPSA) is 50.7 Å². The zero-order chi connectivity index (χ0) is 16.5. The molecule has 1 amide bonds. The molecule has 118 valence electrons. The van der Waals surface area contributed by atoms with Gasteiger partial charge in [-0.2, -0.15) is 5.10 Å². The Kier molecular flexibility index (Phi) is 6.80. The van der Waals surface area contributed by atoms with Gasteiger partial charge in [0, 0.05) is 3.57 Å². The van der Waals surface area contributed by atoms with Crippen molar-refractivity contribution in [3.05, 3.63) is 69.8 Å². The number of hydrogen-bond acceptors (Lipinski definition) is 3. The number of hydrogen-bond donors (Lipinski definition) is 1. The summed E-state index contributed by atoms with van der Waals surface area (Å²) < 4.78 is 6.50. The van der Waals surface area contributed by atoms with Gasteiger partial charge in [0.15, 0.2) is 6.61 Å². The first kappa shape index (κ1) is 17.2. The van der Waals surface area contributed by atoms with Crippen LogP contribution in [0.1, 0.15) is 12.5 Å². The van der Waals surface area contributed by atoms with Gasteiger partial charge in [-0.25, -0.2) is 5.43 Å². The summed E-state index contributed by atoms with van der Waals surface area (Å²) in [5, 5.41) is 4.01. The summed E-state index contributed by atoms with van der Waals surface area (Å²) in [5.74, 6) is 0.362. The number of halogens is 1. The second-order valence-electron chi connectivity index (χ2n) is 4.77. The van der Waals surface area contributed by atoms with Gasteiger partial charge in [-0.15, -0.1) is 0 Å². The summed E-state index contributed by atoms with van der Waals surface area (Å²) in [6.45, 7) is 1.75. The molecule has 0 aliphatic carbocycles. The first-order valence-electron chi connectivity index (χ1n) is 7.08. The van der Waals surface area contributed by atoms with Crippen molar-refractivity contribution in [1.82, 2.24) is 5.43 Å². The minimum absolute atomic E-state index is 0.0697. The molecule has 0 heterocycles. The monoisotopic (exact) mass is 420 g/mol. The summed E-state index contributed by atoms with van der Waals surface area (Å²) >= 11 is 2.21. The van der Waals surface area contributed by atoms with Gasteiger partial charge in [0.05, 0.1) is 5.71 Å². The highest BCUT2D eigenvalue weighted by atomic mass is 127. The molecule has 1 N–H and O–H groups in total. The van der Waals surface area contributed by atoms with Crippen LogP contribution < -0.4 is 10.2 Å². The van der Waals surface area contributed by atoms with Crippen LogP contribution in [0.15, 0.2) is 65.8 Å². The number of ether oxygens (including phenoxy) is 1. The van der Waals surface area contributed by atoms with E-state index in [2.05, 4.69) is 33.1 Å². The number of benzene rings is 2. The Bertz CT molecular complexity index is 695. The van der Waals surface area contributed by atoms with Crippen molar-refractivity contribution in [3.8, 4) is 5.75 Å². The maximum Gasteiger partial charge on any atom is 0.277 e. The zero-order valence-electron chi connectivity index (χ0n) is 12.7. The van der Waals surface area contributed by atoms with E-state index in [0.29, 0.717) is 11.5 Å². The lowest BCUT2D eigenvalue weighted by Gasteiger charge is -2.05. The first-order chi connectivity index (χ1) is 11.1. The van der Waals surface area contributed by atoms with Crippen molar-refractivity contribution in [2.75, 3.05) is 6.61 Å². The number of carbonyl (C=O) groups is 1. The second-order valence-corrected chi connectivity index (χ2v) is 6.02. The van der Waals surface area contributed by atoms with Crippen LogP contribution in [0, 0.1) is 3.57 Å². The Hall–Kier alpha value is -2.15. The van der Waals surface area contributed by atoms with Gasteiger partial charge < -0.3 is 4.74 Å². The number of nitrogens with zero attached hydrogens (tertiary/aromatic N) is 1. The van der Waals surface area contributed by atoms with Crippen LogP contribution in [0.3, 0.4) is 0 Å². The molecule has 2 aromatic rings. The molecular weight excluding hydrogens is 403 g/mol. The summed E-state index contributed by atoms with van der Waals surface area (Å²) in [7, 11) is 0. The van der Waals surface area contributed by atoms with E-state index in [1.54, 1.807) is 0 Å². The van der Waals surface area contributed by atoms with Crippen LogP contribution in [-0.4, -0.2) is 18.2 Å². The van der Waals surface area contributed by atoms with E-state index in [1.807, 2.05) is 73.7 Å². The number of amides is 1. The Morgan fingerprint density at radius 1 is 1.17 bits per heavy atom. The maximum atomic E-state index is 11.7. The highest BCUT2D eigenvalue weighted by Gasteiger charge is 2.01. The molecule has 0 unspecified atom stereocenters. The van der Waals surface area contributed by atoms with Crippen molar-refractivity contribution in [1.29, 1.82) is 0 Å². The van der Waals surface area contributed by atoms with Gasteiger partial charge in [0.2, 0.25) is 0 Å². The Morgan fingerprint density at radius 2 is 1.87 bits per heavy atom. The SMILES string of the molecule is CC(/C=C/c1ccccc1)=NNC(=O)COc1ccc(I)cc1. The van der Waals surface area contributed by atoms with Crippen LogP contribution in [0.4, 0.5) is 0 Å². The molecule has 0 aliphatic heterocycles. The molecule has 0 saturated carbocycles. The molecule has 0 bridgehead atoms. The van der Waals surface area contributed by atoms with Crippen molar-refractivity contribution in [2.24, 2.45) is 5.10 Å². The van der Waals surface area contributed by atoms with Crippen LogP contribution in [0.2, 0.25) is 0 Å². The molecule has 0 aliphatic rings. The summed E-state index contributed by atoms with van der Waals surface area (Å²) in [6.07, 6.45) is 3.78. The highest BCUT2D eigenvalue weighted by molar-refractivity contribution is 14.1. The second kappa shape index (κ2) is 9.09. The minimum Gasteiger partial charge on any atom is -0.484 e. The number of nitrogens with one attached hydrogen (secondary N) is 1. The smallest absolute Gasteiger partial charge is 0.277 e. The van der Waals surface area contributed by atoms with Crippen molar-refractivity contribution in [2.45, 2.75) is 6.92 Å². The average Bonchev–Trinajstić information content (AvgIpc) is 2.58. The van der Waals surface area contributed by atoms with E-state index in [0.717, 1.165) is 9.13 Å². The fraction of sp³-hybridized carbons (Fsp3) is 0.111. The van der Waals surface area contributed by atoms with Gasteiger partial charge in [-0.1, -0.05) is 36.4 Å². The largest absolute Gasteiger partial charge is 0.484 e.